The van der Waals surface area contributed by atoms with E-state index in [4.69, 9.17) is 0 Å². The molecule has 0 atom stereocenters. The van der Waals surface area contributed by atoms with Crippen molar-refractivity contribution in [3.63, 3.8) is 0 Å². The van der Waals surface area contributed by atoms with Gasteiger partial charge >= 0.3 is 0 Å². The molecular formula is C34H60Cl2N2. The summed E-state index contributed by atoms with van der Waals surface area (Å²) in [5, 5.41) is 0. The quantitative estimate of drug-likeness (QED) is 0.236. The first kappa shape index (κ1) is 39.1. The average molecular weight is 568 g/mol. The van der Waals surface area contributed by atoms with E-state index in [-0.39, 0.29) is 31.0 Å². The molecule has 2 aromatic carbocycles. The van der Waals surface area contributed by atoms with E-state index >= 15 is 0 Å². The van der Waals surface area contributed by atoms with Crippen LogP contribution in [0, 0.1) is 27.7 Å². The molecule has 0 unspecified atom stereocenters. The molecule has 38 heavy (non-hydrogen) atoms. The zero-order chi connectivity index (χ0) is 25.3. The molecule has 5 N–H and O–H groups in total. The van der Waals surface area contributed by atoms with Gasteiger partial charge < -0.3 is 31.0 Å². The van der Waals surface area contributed by atoms with E-state index in [1.807, 2.05) is 0 Å². The van der Waals surface area contributed by atoms with Gasteiger partial charge in [-0.1, -0.05) is 121 Å². The minimum atomic E-state index is 0. The SMILES string of the molecule is CCCCCCCCCCCCCCCCCC[NH+](c1cccc(C)c1C)c1cccc(C)c1C.[Cl-].[Cl-].[NH4+]. The Kier molecular flexibility index (Phi) is 24.5. The minimum absolute atomic E-state index is 0. The Labute approximate surface area is 249 Å². The molecule has 2 aromatic rings. The lowest BCUT2D eigenvalue weighted by molar-refractivity contribution is -0.761. The first-order valence-corrected chi connectivity index (χ1v) is 15.0. The van der Waals surface area contributed by atoms with Crippen molar-refractivity contribution in [3.05, 3.63) is 58.7 Å². The summed E-state index contributed by atoms with van der Waals surface area (Å²) < 4.78 is 0. The van der Waals surface area contributed by atoms with Crippen LogP contribution in [0.2, 0.25) is 0 Å². The zero-order valence-electron chi connectivity index (χ0n) is 25.7. The third-order valence-electron chi connectivity index (χ3n) is 8.14. The summed E-state index contributed by atoms with van der Waals surface area (Å²) >= 11 is 0. The maximum absolute atomic E-state index is 2.34. The summed E-state index contributed by atoms with van der Waals surface area (Å²) in [6.45, 7) is 12.6. The number of halogens is 2. The fraction of sp³-hybridized carbons (Fsp3) is 0.647. The van der Waals surface area contributed by atoms with Crippen molar-refractivity contribution >= 4 is 11.4 Å². The average Bonchev–Trinajstić information content (AvgIpc) is 2.85. The number of benzene rings is 2. The summed E-state index contributed by atoms with van der Waals surface area (Å²) in [4.78, 5) is 1.55. The maximum Gasteiger partial charge on any atom is 0.139 e. The third-order valence-corrected chi connectivity index (χ3v) is 8.14. The number of hydrogen-bond acceptors (Lipinski definition) is 0. The molecule has 0 heterocycles. The van der Waals surface area contributed by atoms with Crippen molar-refractivity contribution in [2.45, 2.75) is 137 Å². The predicted molar refractivity (Wildman–Crippen MR) is 163 cm³/mol. The predicted octanol–water partition coefficient (Wildman–Crippen LogP) is 4.41. The molecule has 0 radical (unpaired) electrons. The summed E-state index contributed by atoms with van der Waals surface area (Å²) in [5.74, 6) is 0. The van der Waals surface area contributed by atoms with Gasteiger partial charge in [-0.25, -0.2) is 0 Å². The fourth-order valence-corrected chi connectivity index (χ4v) is 5.42. The van der Waals surface area contributed by atoms with Crippen LogP contribution in [0.25, 0.3) is 0 Å². The molecule has 0 spiro atoms. The Balaban J connectivity index is 0. The zero-order valence-corrected chi connectivity index (χ0v) is 27.3. The molecular weight excluding hydrogens is 507 g/mol. The van der Waals surface area contributed by atoms with Gasteiger partial charge in [0.25, 0.3) is 0 Å². The molecule has 4 heteroatoms. The minimum Gasteiger partial charge on any atom is -1.00 e. The Bertz CT molecular complexity index is 786. The van der Waals surface area contributed by atoms with Crippen molar-refractivity contribution in [1.82, 2.24) is 6.15 Å². The highest BCUT2D eigenvalue weighted by atomic mass is 35.5. The van der Waals surface area contributed by atoms with Crippen LogP contribution in [-0.2, 0) is 0 Å². The summed E-state index contributed by atoms with van der Waals surface area (Å²) in [7, 11) is 0. The van der Waals surface area contributed by atoms with Crippen LogP contribution in [0.3, 0.4) is 0 Å². The van der Waals surface area contributed by atoms with Gasteiger partial charge in [0.2, 0.25) is 0 Å². The smallest absolute Gasteiger partial charge is 0.139 e. The molecule has 2 nitrogen and oxygen atoms in total. The molecule has 220 valence electrons. The topological polar surface area (TPSA) is 40.9 Å². The number of aryl methyl sites for hydroxylation is 2. The highest BCUT2D eigenvalue weighted by molar-refractivity contribution is 5.50. The Morgan fingerprint density at radius 3 is 1.13 bits per heavy atom. The van der Waals surface area contributed by atoms with Gasteiger partial charge in [-0.05, 0) is 63.8 Å². The van der Waals surface area contributed by atoms with E-state index in [1.54, 1.807) is 4.90 Å². The number of quaternary nitrogens is 2. The Morgan fingerprint density at radius 2 is 0.789 bits per heavy atom. The van der Waals surface area contributed by atoms with Crippen LogP contribution in [0.5, 0.6) is 0 Å². The first-order valence-electron chi connectivity index (χ1n) is 15.0. The van der Waals surface area contributed by atoms with Gasteiger partial charge in [0, 0.05) is 11.1 Å². The molecule has 0 aliphatic carbocycles. The van der Waals surface area contributed by atoms with Crippen molar-refractivity contribution in [2.75, 3.05) is 6.54 Å². The third kappa shape index (κ3) is 14.4. The lowest BCUT2D eigenvalue weighted by Gasteiger charge is -2.23. The van der Waals surface area contributed by atoms with E-state index in [1.165, 1.54) is 143 Å². The second kappa shape index (κ2) is 23.8. The van der Waals surface area contributed by atoms with Gasteiger partial charge in [-0.3, -0.25) is 4.90 Å². The van der Waals surface area contributed by atoms with Gasteiger partial charge in [-0.2, -0.15) is 0 Å². The van der Waals surface area contributed by atoms with E-state index in [0.717, 1.165) is 0 Å². The molecule has 0 aliphatic heterocycles. The van der Waals surface area contributed by atoms with E-state index in [9.17, 15) is 0 Å². The van der Waals surface area contributed by atoms with Gasteiger partial charge in [0.05, 0.1) is 6.54 Å². The molecule has 0 aliphatic rings. The number of nitrogens with one attached hydrogen (secondary N) is 1. The fourth-order valence-electron chi connectivity index (χ4n) is 5.42. The number of hydrogen-bond donors (Lipinski definition) is 2. The molecule has 0 fully saturated rings. The number of rotatable bonds is 19. The molecule has 0 aromatic heterocycles. The monoisotopic (exact) mass is 566 g/mol. The normalized spacial score (nSPS) is 10.6. The number of unbranched alkanes of at least 4 members (excludes halogenated alkanes) is 15. The van der Waals surface area contributed by atoms with Crippen LogP contribution in [0.1, 0.15) is 132 Å². The van der Waals surface area contributed by atoms with Crippen molar-refractivity contribution in [3.8, 4) is 0 Å². The van der Waals surface area contributed by atoms with Gasteiger partial charge in [0.15, 0.2) is 0 Å². The molecule has 0 bridgehead atoms. The van der Waals surface area contributed by atoms with E-state index in [2.05, 4.69) is 71.0 Å². The van der Waals surface area contributed by atoms with Crippen LogP contribution in [-0.4, -0.2) is 6.54 Å². The summed E-state index contributed by atoms with van der Waals surface area (Å²) in [5.41, 5.74) is 8.61. The molecule has 0 saturated carbocycles. The molecule has 0 amide bonds. The standard InChI is InChI=1S/C34H55N.2ClH.H3N/c1-6-7-8-9-10-11-12-13-14-15-16-17-18-19-20-21-28-35(33-26-22-24-29(2)31(33)4)34-27-23-25-30(3)32(34)5;;;/h22-27H,6-21,28H2,1-5H3;2*1H;1H3. The van der Waals surface area contributed by atoms with Crippen molar-refractivity contribution < 1.29 is 29.7 Å². The first-order chi connectivity index (χ1) is 17.1. The summed E-state index contributed by atoms with van der Waals surface area (Å²) in [6.07, 6.45) is 22.8. The van der Waals surface area contributed by atoms with Crippen molar-refractivity contribution in [1.29, 1.82) is 0 Å². The largest absolute Gasteiger partial charge is 1.00 e. The van der Waals surface area contributed by atoms with Gasteiger partial charge in [-0.15, -0.1) is 0 Å². The lowest BCUT2D eigenvalue weighted by atomic mass is 10.0. The van der Waals surface area contributed by atoms with E-state index in [0.29, 0.717) is 0 Å². The van der Waals surface area contributed by atoms with Crippen molar-refractivity contribution in [2.24, 2.45) is 0 Å². The Morgan fingerprint density at radius 1 is 0.474 bits per heavy atom. The lowest BCUT2D eigenvalue weighted by Crippen LogP contribution is -3.02. The second-order valence-corrected chi connectivity index (χ2v) is 11.0. The van der Waals surface area contributed by atoms with Crippen LogP contribution >= 0.6 is 0 Å². The van der Waals surface area contributed by atoms with Gasteiger partial charge in [0.1, 0.15) is 11.4 Å². The molecule has 2 rings (SSSR count). The maximum atomic E-state index is 2.34. The van der Waals surface area contributed by atoms with Crippen LogP contribution < -0.4 is 35.9 Å². The second-order valence-electron chi connectivity index (χ2n) is 11.0. The van der Waals surface area contributed by atoms with Crippen LogP contribution in [0.15, 0.2) is 36.4 Å². The summed E-state index contributed by atoms with van der Waals surface area (Å²) in [6, 6.07) is 13.6. The molecule has 0 saturated heterocycles. The highest BCUT2D eigenvalue weighted by Gasteiger charge is 2.21. The van der Waals surface area contributed by atoms with E-state index < -0.39 is 0 Å². The van der Waals surface area contributed by atoms with Crippen LogP contribution in [0.4, 0.5) is 11.4 Å². The Hall–Kier alpha value is -1.06. The highest BCUT2D eigenvalue weighted by Crippen LogP contribution is 2.21.